The predicted octanol–water partition coefficient (Wildman–Crippen LogP) is 2.56. The molecule has 0 saturated carbocycles. The zero-order valence-corrected chi connectivity index (χ0v) is 13.2. The highest BCUT2D eigenvalue weighted by Crippen LogP contribution is 2.28. The lowest BCUT2D eigenvalue weighted by molar-refractivity contribution is 0.734. The second-order valence-corrected chi connectivity index (χ2v) is 6.08. The van der Waals surface area contributed by atoms with Crippen molar-refractivity contribution in [3.05, 3.63) is 53.0 Å². The average Bonchev–Trinajstić information content (AvgIpc) is 3.19. The van der Waals surface area contributed by atoms with Gasteiger partial charge in [0.1, 0.15) is 10.8 Å². The number of benzene rings is 1. The molecule has 0 amide bonds. The quantitative estimate of drug-likeness (QED) is 0.621. The number of anilines is 1. The van der Waals surface area contributed by atoms with Crippen molar-refractivity contribution in [2.45, 2.75) is 13.5 Å². The van der Waals surface area contributed by atoms with Gasteiger partial charge in [-0.25, -0.2) is 4.98 Å². The Kier molecular flexibility index (Phi) is 3.43. The minimum atomic E-state index is 0.621. The Hall–Kier alpha value is -2.87. The summed E-state index contributed by atoms with van der Waals surface area (Å²) in [6, 6.07) is 13.9. The lowest BCUT2D eigenvalue weighted by atomic mass is 10.2. The number of hydrogen-bond donors (Lipinski definition) is 1. The van der Waals surface area contributed by atoms with E-state index in [9.17, 15) is 0 Å². The molecular weight excluding hydrogens is 310 g/mol. The zero-order chi connectivity index (χ0) is 15.6. The number of fused-ring (bicyclic) bond motifs is 1. The van der Waals surface area contributed by atoms with Crippen molar-refractivity contribution in [3.8, 4) is 10.6 Å². The van der Waals surface area contributed by atoms with Crippen LogP contribution in [0.4, 0.5) is 5.82 Å². The molecule has 0 saturated heterocycles. The number of thiazole rings is 1. The number of tetrazole rings is 1. The van der Waals surface area contributed by atoms with Crippen LogP contribution in [0.3, 0.4) is 0 Å². The maximum absolute atomic E-state index is 4.66. The van der Waals surface area contributed by atoms with Crippen LogP contribution in [0.1, 0.15) is 10.6 Å². The maximum atomic E-state index is 4.66. The Labute approximate surface area is 136 Å². The summed E-state index contributed by atoms with van der Waals surface area (Å²) in [5.74, 6) is 0.721. The second kappa shape index (κ2) is 5.73. The Morgan fingerprint density at radius 2 is 2.00 bits per heavy atom. The molecule has 1 aromatic carbocycles. The highest BCUT2D eigenvalue weighted by molar-refractivity contribution is 7.15. The summed E-state index contributed by atoms with van der Waals surface area (Å²) in [4.78, 5) is 5.84. The molecule has 0 spiro atoms. The molecule has 0 atom stereocenters. The van der Waals surface area contributed by atoms with E-state index in [0.717, 1.165) is 22.1 Å². The second-order valence-electron chi connectivity index (χ2n) is 4.99. The third kappa shape index (κ3) is 2.76. The van der Waals surface area contributed by atoms with Crippen LogP contribution in [0.25, 0.3) is 16.2 Å². The standard InChI is InChI=1S/C15H13N7S/c1-10-12(23-15(17-10)11-5-3-2-4-6-11)9-16-13-7-8-14-18-20-21-22(14)19-13/h2-8H,9H2,1H3,(H,16,19). The lowest BCUT2D eigenvalue weighted by Gasteiger charge is -2.03. The largest absolute Gasteiger partial charge is 0.364 e. The summed E-state index contributed by atoms with van der Waals surface area (Å²) < 4.78 is 1.40. The molecule has 7 nitrogen and oxygen atoms in total. The van der Waals surface area contributed by atoms with Crippen molar-refractivity contribution in [2.75, 3.05) is 5.32 Å². The minimum Gasteiger partial charge on any atom is -0.364 e. The molecule has 3 heterocycles. The summed E-state index contributed by atoms with van der Waals surface area (Å²) in [5.41, 5.74) is 2.79. The van der Waals surface area contributed by atoms with Crippen molar-refractivity contribution < 1.29 is 0 Å². The molecule has 0 aliphatic rings. The molecule has 0 radical (unpaired) electrons. The van der Waals surface area contributed by atoms with Gasteiger partial charge in [0.15, 0.2) is 5.65 Å². The van der Waals surface area contributed by atoms with Crippen molar-refractivity contribution in [2.24, 2.45) is 0 Å². The summed E-state index contributed by atoms with van der Waals surface area (Å²) in [7, 11) is 0. The van der Waals surface area contributed by atoms with E-state index in [2.05, 4.69) is 43.1 Å². The Morgan fingerprint density at radius 3 is 2.87 bits per heavy atom. The molecule has 0 aliphatic carbocycles. The van der Waals surface area contributed by atoms with Crippen LogP contribution in [0, 0.1) is 6.92 Å². The van der Waals surface area contributed by atoms with Gasteiger partial charge in [0.2, 0.25) is 0 Å². The van der Waals surface area contributed by atoms with Crippen molar-refractivity contribution in [1.29, 1.82) is 0 Å². The Morgan fingerprint density at radius 1 is 1.13 bits per heavy atom. The fourth-order valence-electron chi connectivity index (χ4n) is 2.21. The number of nitrogens with zero attached hydrogens (tertiary/aromatic N) is 6. The fraction of sp³-hybridized carbons (Fsp3) is 0.133. The average molecular weight is 323 g/mol. The van der Waals surface area contributed by atoms with Gasteiger partial charge in [-0.1, -0.05) is 30.3 Å². The number of aryl methyl sites for hydroxylation is 1. The van der Waals surface area contributed by atoms with Crippen LogP contribution >= 0.6 is 11.3 Å². The van der Waals surface area contributed by atoms with Crippen LogP contribution in [0.15, 0.2) is 42.5 Å². The highest BCUT2D eigenvalue weighted by atomic mass is 32.1. The number of hydrogen-bond acceptors (Lipinski definition) is 7. The summed E-state index contributed by atoms with van der Waals surface area (Å²) in [5, 5.41) is 19.8. The number of rotatable bonds is 4. The van der Waals surface area contributed by atoms with Crippen LogP contribution in [0.5, 0.6) is 0 Å². The minimum absolute atomic E-state index is 0.621. The van der Waals surface area contributed by atoms with E-state index >= 15 is 0 Å². The third-order valence-electron chi connectivity index (χ3n) is 3.41. The van der Waals surface area contributed by atoms with Gasteiger partial charge in [0.05, 0.1) is 12.2 Å². The summed E-state index contributed by atoms with van der Waals surface area (Å²) >= 11 is 1.69. The maximum Gasteiger partial charge on any atom is 0.200 e. The highest BCUT2D eigenvalue weighted by Gasteiger charge is 2.09. The van der Waals surface area contributed by atoms with Gasteiger partial charge in [0, 0.05) is 10.4 Å². The van der Waals surface area contributed by atoms with Crippen LogP contribution < -0.4 is 5.32 Å². The lowest BCUT2D eigenvalue weighted by Crippen LogP contribution is -2.04. The molecule has 4 aromatic rings. The molecule has 4 rings (SSSR count). The molecule has 0 aliphatic heterocycles. The van der Waals surface area contributed by atoms with Crippen molar-refractivity contribution >= 4 is 22.8 Å². The van der Waals surface area contributed by atoms with Gasteiger partial charge in [-0.05, 0) is 29.5 Å². The van der Waals surface area contributed by atoms with E-state index in [-0.39, 0.29) is 0 Å². The first kappa shape index (κ1) is 13.8. The zero-order valence-electron chi connectivity index (χ0n) is 12.3. The number of nitrogens with one attached hydrogen (secondary N) is 1. The smallest absolute Gasteiger partial charge is 0.200 e. The first-order valence-corrected chi connectivity index (χ1v) is 7.92. The van der Waals surface area contributed by atoms with Gasteiger partial charge >= 0.3 is 0 Å². The summed E-state index contributed by atoms with van der Waals surface area (Å²) in [6.07, 6.45) is 0. The first-order valence-electron chi connectivity index (χ1n) is 7.10. The van der Waals surface area contributed by atoms with E-state index in [1.54, 1.807) is 11.3 Å². The molecule has 23 heavy (non-hydrogen) atoms. The molecule has 3 aromatic heterocycles. The summed E-state index contributed by atoms with van der Waals surface area (Å²) in [6.45, 7) is 2.69. The Bertz CT molecular complexity index is 945. The molecule has 114 valence electrons. The van der Waals surface area contributed by atoms with Gasteiger partial charge in [-0.2, -0.15) is 0 Å². The van der Waals surface area contributed by atoms with Gasteiger partial charge in [-0.15, -0.1) is 26.2 Å². The van der Waals surface area contributed by atoms with E-state index in [1.165, 1.54) is 9.51 Å². The number of aromatic nitrogens is 6. The van der Waals surface area contributed by atoms with Gasteiger partial charge in [0.25, 0.3) is 0 Å². The van der Waals surface area contributed by atoms with E-state index in [4.69, 9.17) is 0 Å². The topological polar surface area (TPSA) is 80.9 Å². The van der Waals surface area contributed by atoms with Crippen LogP contribution in [0.2, 0.25) is 0 Å². The van der Waals surface area contributed by atoms with Crippen molar-refractivity contribution in [1.82, 2.24) is 30.2 Å². The van der Waals surface area contributed by atoms with Gasteiger partial charge in [-0.3, -0.25) is 0 Å². The fourth-order valence-corrected chi connectivity index (χ4v) is 3.22. The van der Waals surface area contributed by atoms with Crippen LogP contribution in [-0.4, -0.2) is 30.2 Å². The molecular formula is C15H13N7S. The SMILES string of the molecule is Cc1nc(-c2ccccc2)sc1CNc1ccc2nnnn2n1. The van der Waals surface area contributed by atoms with E-state index in [1.807, 2.05) is 37.3 Å². The van der Waals surface area contributed by atoms with Crippen LogP contribution in [-0.2, 0) is 6.54 Å². The monoisotopic (exact) mass is 323 g/mol. The molecule has 1 N–H and O–H groups in total. The van der Waals surface area contributed by atoms with E-state index in [0.29, 0.717) is 12.2 Å². The van der Waals surface area contributed by atoms with E-state index < -0.39 is 0 Å². The van der Waals surface area contributed by atoms with Crippen molar-refractivity contribution in [3.63, 3.8) is 0 Å². The van der Waals surface area contributed by atoms with Gasteiger partial charge < -0.3 is 5.32 Å². The third-order valence-corrected chi connectivity index (χ3v) is 4.62. The normalized spacial score (nSPS) is 11.0. The molecule has 0 unspecified atom stereocenters. The molecule has 8 heteroatoms. The molecule has 0 fully saturated rings. The molecule has 0 bridgehead atoms. The predicted molar refractivity (Wildman–Crippen MR) is 88.2 cm³/mol. The Balaban J connectivity index is 1.53. The first-order chi connectivity index (χ1) is 11.3.